The average molecular weight is 1950 g/mol. The number of rotatable bonds is 10. The van der Waals surface area contributed by atoms with E-state index in [9.17, 15) is 99.6 Å². The summed E-state index contributed by atoms with van der Waals surface area (Å²) in [5.41, 5.74) is -0.874. The Hall–Kier alpha value is -11.7. The number of benzene rings is 5. The van der Waals surface area contributed by atoms with Crippen LogP contribution in [0.3, 0.4) is 0 Å². The lowest BCUT2D eigenvalue weighted by Gasteiger charge is -2.37. The summed E-state index contributed by atoms with van der Waals surface area (Å²) < 4.78 is 239. The van der Waals surface area contributed by atoms with Crippen molar-refractivity contribution in [2.24, 2.45) is 0 Å². The number of nitrogens with zero attached hydrogens (tertiary/aromatic N) is 16. The van der Waals surface area contributed by atoms with Crippen LogP contribution in [0.1, 0.15) is 182 Å². The summed E-state index contributed by atoms with van der Waals surface area (Å²) in [6, 6.07) is 27.6. The third kappa shape index (κ3) is 26.1. The van der Waals surface area contributed by atoms with Gasteiger partial charge in [-0.15, -0.1) is 0 Å². The second-order valence-corrected chi connectivity index (χ2v) is 35.4. The summed E-state index contributed by atoms with van der Waals surface area (Å²) in [4.78, 5) is 33.1. The molecule has 4 saturated heterocycles. The van der Waals surface area contributed by atoms with E-state index < -0.39 is 80.4 Å². The fraction of sp³-hybridized carbons (Fsp3) is 0.500. The Morgan fingerprint density at radius 3 is 0.956 bits per heavy atom. The molecule has 2 amide bonds. The van der Waals surface area contributed by atoms with E-state index in [1.807, 2.05) is 75.0 Å². The third-order valence-corrected chi connectivity index (χ3v) is 24.9. The number of aryl methyl sites for hydroxylation is 5. The number of carbonyl (C=O) groups excluding carboxylic acids is 2. The Bertz CT molecular complexity index is 6130. The van der Waals surface area contributed by atoms with Crippen molar-refractivity contribution in [3.63, 3.8) is 0 Å². The number of hydrogen-bond donors (Lipinski definition) is 2. The maximum Gasteiger partial charge on any atom is 0.416 e. The number of aromatic nitrogens is 5. The largest absolute Gasteiger partial charge is 0.444 e. The summed E-state index contributed by atoms with van der Waals surface area (Å²) in [6.07, 6.45) is -19.7. The highest BCUT2D eigenvalue weighted by atomic mass is 35.5. The standard InChI is InChI=1S/C21H25F3N4O2.C19H21F3N4O2S.C16H17F3N4.C12H8ClF3N2.C12H9F3N2.C9H18N2O2.5CH4/c1-5-28-17-12-14(21(22,23)24)6-7-15(17)16(13-25)18(28)26-8-10-27(11-9-26)19(29)30-20(2,3)4;1-2-26-17-11-13(19(20,21)22)3-6-15(17)16(12-23)18(26)24-7-9-25(10-8-24)29(27,28)14-4-5-14;1-2-23-14-9-11(16(17,18)19)3-4-12(14)13(10-20)15(23)22-7-5-21-6-8-22;1-2-18-10-5-7(12(14,15)16)3-4-8(10)9(6-17)11(18)13;1-2-17-7-8(6-16)10-4-3-9(5-11(10)17)12(13,14)15;1-9(2,3)13-8(12)11-6-4-10-5-7-11;;;;;/h6-7,12H,5,8-11H2,1-4H3;3,6,11,14H,2,4-5,7-10H2,1H3;3-4,9,21H,2,5-8H2,1H3;3-5H,2H2,1H3;3-5,7H,2H2,1H3;10H,4-7H2,1-3H3;5*1H4. The predicted octanol–water partition coefficient (Wildman–Crippen LogP) is 22.5. The van der Waals surface area contributed by atoms with Gasteiger partial charge in [0.05, 0.1) is 66.3 Å². The molecule has 0 bridgehead atoms. The Kier molecular flexibility index (Phi) is 38.5. The molecule has 0 atom stereocenters. The number of ether oxygens (including phenoxy) is 2. The first-order valence-corrected chi connectivity index (χ1v) is 43.8. The number of carbonyl (C=O) groups is 2. The van der Waals surface area contributed by atoms with Gasteiger partial charge < -0.3 is 67.4 Å². The molecule has 738 valence electrons. The summed E-state index contributed by atoms with van der Waals surface area (Å²) >= 11 is 5.98. The smallest absolute Gasteiger partial charge is 0.416 e. The molecule has 9 heterocycles. The second-order valence-electron chi connectivity index (χ2n) is 32.8. The number of halogens is 16. The molecule has 5 aromatic heterocycles. The van der Waals surface area contributed by atoms with Crippen LogP contribution in [-0.4, -0.2) is 179 Å². The van der Waals surface area contributed by atoms with E-state index in [0.29, 0.717) is 186 Å². The van der Waals surface area contributed by atoms with E-state index in [1.165, 1.54) is 39.2 Å². The van der Waals surface area contributed by atoms with Gasteiger partial charge in [0.25, 0.3) is 0 Å². The highest BCUT2D eigenvalue weighted by Gasteiger charge is 2.43. The summed E-state index contributed by atoms with van der Waals surface area (Å²) in [5, 5.41) is 55.8. The molecule has 1 aliphatic carbocycles. The molecule has 15 rings (SSSR count). The molecule has 5 aromatic carbocycles. The van der Waals surface area contributed by atoms with Gasteiger partial charge in [-0.05, 0) is 150 Å². The first kappa shape index (κ1) is 114. The lowest BCUT2D eigenvalue weighted by Crippen LogP contribution is -2.50. The Morgan fingerprint density at radius 2 is 0.667 bits per heavy atom. The van der Waals surface area contributed by atoms with Crippen LogP contribution in [0.15, 0.2) is 97.2 Å². The molecule has 4 aliphatic heterocycles. The zero-order chi connectivity index (χ0) is 95.9. The zero-order valence-corrected chi connectivity index (χ0v) is 74.7. The topological polar surface area (TPSA) is 274 Å². The van der Waals surface area contributed by atoms with Gasteiger partial charge in [-0.3, -0.25) is 0 Å². The number of anilines is 3. The van der Waals surface area contributed by atoms with E-state index in [1.54, 1.807) is 57.4 Å². The molecule has 5 aliphatic rings. The van der Waals surface area contributed by atoms with E-state index >= 15 is 0 Å². The molecule has 5 fully saturated rings. The van der Waals surface area contributed by atoms with Crippen molar-refractivity contribution >= 4 is 106 Å². The van der Waals surface area contributed by atoms with Gasteiger partial charge >= 0.3 is 43.1 Å². The highest BCUT2D eigenvalue weighted by Crippen LogP contribution is 2.44. The zero-order valence-electron chi connectivity index (χ0n) is 73.1. The average Bonchev–Trinajstić information content (AvgIpc) is 1.60. The van der Waals surface area contributed by atoms with E-state index in [2.05, 4.69) is 33.7 Å². The molecule has 24 nitrogen and oxygen atoms in total. The Balaban J connectivity index is 0.000000290. The van der Waals surface area contributed by atoms with Crippen molar-refractivity contribution in [3.05, 3.63) is 158 Å². The number of fused-ring (bicyclic) bond motifs is 5. The first-order chi connectivity index (χ1) is 61.0. The van der Waals surface area contributed by atoms with Crippen molar-refractivity contribution in [1.29, 1.82) is 26.3 Å². The monoisotopic (exact) mass is 1950 g/mol. The molecule has 2 N–H and O–H groups in total. The molecule has 0 radical (unpaired) electrons. The number of amides is 2. The minimum Gasteiger partial charge on any atom is -0.444 e. The van der Waals surface area contributed by atoms with Crippen LogP contribution in [0.2, 0.25) is 5.15 Å². The quantitative estimate of drug-likeness (QED) is 0.120. The SMILES string of the molecule is C.C.C.C.C.CC(C)(C)OC(=O)N1CCNCC1.CCn1c(Cl)c(C#N)c2ccc(C(F)(F)F)cc21.CCn1c(N2CCN(C(=O)OC(C)(C)C)CC2)c(C#N)c2ccc(C(F)(F)F)cc21.CCn1c(N2CCN(S(=O)(=O)C3CC3)CC2)c(C#N)c2ccc(C(F)(F)F)cc21.CCn1c(N2CCNCC2)c(C#N)c2ccc(C(F)(F)F)cc21.CCn1cc(C#N)c2ccc(C(F)(F)F)cc21. The van der Waals surface area contributed by atoms with Gasteiger partial charge in [0.2, 0.25) is 10.0 Å². The summed E-state index contributed by atoms with van der Waals surface area (Å²) in [6.45, 7) is 31.8. The van der Waals surface area contributed by atoms with Gasteiger partial charge in [-0.2, -0.15) is 96.5 Å². The Labute approximate surface area is 783 Å². The number of piperazine rings is 4. The first-order valence-electron chi connectivity index (χ1n) is 41.9. The summed E-state index contributed by atoms with van der Waals surface area (Å²) in [5.74, 6) is 1.89. The van der Waals surface area contributed by atoms with Gasteiger partial charge in [0, 0.05) is 176 Å². The molecule has 0 spiro atoms. The van der Waals surface area contributed by atoms with Crippen LogP contribution in [0.4, 0.5) is 92.9 Å². The van der Waals surface area contributed by atoms with E-state index in [0.717, 1.165) is 119 Å². The fourth-order valence-corrected chi connectivity index (χ4v) is 17.9. The lowest BCUT2D eigenvalue weighted by molar-refractivity contribution is -0.138. The minimum absolute atomic E-state index is 0. The number of hydrogen-bond acceptors (Lipinski definition) is 16. The van der Waals surface area contributed by atoms with Gasteiger partial charge in [0.15, 0.2) is 0 Å². The van der Waals surface area contributed by atoms with E-state index in [4.69, 9.17) is 31.6 Å². The van der Waals surface area contributed by atoms with E-state index in [-0.39, 0.29) is 64.8 Å². The lowest BCUT2D eigenvalue weighted by atomic mass is 10.1. The van der Waals surface area contributed by atoms with Crippen LogP contribution in [0.25, 0.3) is 54.5 Å². The molecule has 10 aromatic rings. The Morgan fingerprint density at radius 1 is 0.385 bits per heavy atom. The maximum atomic E-state index is 13.2. The fourth-order valence-electron chi connectivity index (χ4n) is 15.8. The predicted molar refractivity (Wildman–Crippen MR) is 497 cm³/mol. The van der Waals surface area contributed by atoms with Crippen molar-refractivity contribution in [2.75, 3.05) is 119 Å². The highest BCUT2D eigenvalue weighted by molar-refractivity contribution is 7.90. The number of nitriles is 5. The van der Waals surface area contributed by atoms with Crippen molar-refractivity contribution in [2.45, 2.75) is 206 Å². The van der Waals surface area contributed by atoms with Crippen LogP contribution in [0, 0.1) is 56.7 Å². The minimum atomic E-state index is -4.47. The summed E-state index contributed by atoms with van der Waals surface area (Å²) in [7, 11) is -3.26. The second kappa shape index (κ2) is 45.7. The normalized spacial score (nSPS) is 15.0. The third-order valence-electron chi connectivity index (χ3n) is 22.1. The van der Waals surface area contributed by atoms with Crippen LogP contribution in [0.5, 0.6) is 0 Å². The maximum absolute atomic E-state index is 13.2. The molecule has 0 unspecified atom stereocenters. The van der Waals surface area contributed by atoms with Crippen LogP contribution in [-0.2, 0) is 83.1 Å². The molecule has 41 heteroatoms. The van der Waals surface area contributed by atoms with Crippen LogP contribution >= 0.6 is 11.6 Å². The van der Waals surface area contributed by atoms with Gasteiger partial charge in [0.1, 0.15) is 80.8 Å². The number of nitrogens with one attached hydrogen (secondary N) is 2. The molecule has 1 saturated carbocycles. The number of alkyl halides is 15. The molecular formula is C94H118ClF15N18O6S. The molecule has 135 heavy (non-hydrogen) atoms. The van der Waals surface area contributed by atoms with Crippen molar-refractivity contribution in [1.82, 2.24) is 47.6 Å². The molecular weight excluding hydrogens is 1830 g/mol. The van der Waals surface area contributed by atoms with Gasteiger partial charge in [-0.1, -0.05) is 79.1 Å². The van der Waals surface area contributed by atoms with Crippen molar-refractivity contribution in [3.8, 4) is 30.3 Å². The number of sulfonamides is 1. The van der Waals surface area contributed by atoms with Gasteiger partial charge in [-0.25, -0.2) is 18.0 Å². The van der Waals surface area contributed by atoms with Crippen LogP contribution < -0.4 is 25.3 Å². The van der Waals surface area contributed by atoms with Crippen molar-refractivity contribution < 1.29 is 93.3 Å².